The molecule has 1 saturated heterocycles. The Labute approximate surface area is 149 Å². The van der Waals surface area contributed by atoms with Crippen molar-refractivity contribution in [1.29, 1.82) is 0 Å². The quantitative estimate of drug-likeness (QED) is 0.590. The number of ether oxygens (including phenoxy) is 1. The second-order valence-electron chi connectivity index (χ2n) is 6.61. The highest BCUT2D eigenvalue weighted by atomic mass is 16.5. The van der Waals surface area contributed by atoms with Crippen LogP contribution in [0.5, 0.6) is 0 Å². The molecule has 0 aliphatic carbocycles. The van der Waals surface area contributed by atoms with E-state index >= 15 is 0 Å². The number of carbonyl (C=O) groups excluding carboxylic acids is 1. The number of anilines is 1. The van der Waals surface area contributed by atoms with E-state index in [1.54, 1.807) is 0 Å². The summed E-state index contributed by atoms with van der Waals surface area (Å²) < 4.78 is 4.76. The van der Waals surface area contributed by atoms with Crippen molar-refractivity contribution in [2.24, 2.45) is 0 Å². The fourth-order valence-corrected chi connectivity index (χ4v) is 3.38. The van der Waals surface area contributed by atoms with Crippen molar-refractivity contribution in [2.45, 2.75) is 32.1 Å². The minimum atomic E-state index is -0.264. The molecule has 1 aromatic heterocycles. The van der Waals surface area contributed by atoms with Gasteiger partial charge in [-0.3, -0.25) is 9.78 Å². The predicted octanol–water partition coefficient (Wildman–Crippen LogP) is 3.24. The van der Waals surface area contributed by atoms with Crippen LogP contribution in [0.25, 0.3) is 10.9 Å². The number of hydrogen-bond acceptors (Lipinski definition) is 5. The molecule has 0 radical (unpaired) electrons. The molecule has 5 nitrogen and oxygen atoms in total. The summed E-state index contributed by atoms with van der Waals surface area (Å²) in [6.07, 6.45) is 5.25. The number of pyridine rings is 1. The number of para-hydroxylation sites is 1. The molecule has 25 heavy (non-hydrogen) atoms. The summed E-state index contributed by atoms with van der Waals surface area (Å²) in [5.74, 6) is -0.264. The Balaban J connectivity index is 1.61. The summed E-state index contributed by atoms with van der Waals surface area (Å²) in [7, 11) is 1.41. The Kier molecular flexibility index (Phi) is 6.23. The van der Waals surface area contributed by atoms with E-state index in [0.29, 0.717) is 0 Å². The standard InChI is InChI=1S/C20H27N3O2/c1-25-20(24)15-16-14-19(17-8-2-3-9-18(17)22-16)21-10-4-5-11-23-12-6-7-13-23/h2-3,8-9,14H,4-7,10-13,15H2,1H3,(H,21,22). The molecule has 1 aromatic carbocycles. The largest absolute Gasteiger partial charge is 0.469 e. The molecular formula is C20H27N3O2. The lowest BCUT2D eigenvalue weighted by molar-refractivity contribution is -0.139. The second kappa shape index (κ2) is 8.81. The van der Waals surface area contributed by atoms with E-state index in [-0.39, 0.29) is 12.4 Å². The number of benzene rings is 1. The van der Waals surface area contributed by atoms with Gasteiger partial charge in [0.05, 0.1) is 24.7 Å². The normalized spacial score (nSPS) is 14.8. The average Bonchev–Trinajstić information content (AvgIpc) is 3.14. The molecule has 0 saturated carbocycles. The Bertz CT molecular complexity index is 711. The van der Waals surface area contributed by atoms with Crippen LogP contribution in [0.4, 0.5) is 5.69 Å². The molecule has 0 bridgehead atoms. The number of methoxy groups -OCH3 is 1. The summed E-state index contributed by atoms with van der Waals surface area (Å²) >= 11 is 0. The number of hydrogen-bond donors (Lipinski definition) is 1. The summed E-state index contributed by atoms with van der Waals surface area (Å²) in [6.45, 7) is 4.66. The van der Waals surface area contributed by atoms with E-state index in [1.807, 2.05) is 24.3 Å². The number of fused-ring (bicyclic) bond motifs is 1. The number of unbranched alkanes of at least 4 members (excludes halogenated alkanes) is 1. The number of likely N-dealkylation sites (tertiary alicyclic amines) is 1. The van der Waals surface area contributed by atoms with Gasteiger partial charge in [0, 0.05) is 17.6 Å². The van der Waals surface area contributed by atoms with Crippen LogP contribution in [-0.4, -0.2) is 49.1 Å². The molecule has 1 fully saturated rings. The molecule has 0 atom stereocenters. The maximum Gasteiger partial charge on any atom is 0.311 e. The van der Waals surface area contributed by atoms with E-state index in [1.165, 1.54) is 46.0 Å². The fraction of sp³-hybridized carbons (Fsp3) is 0.500. The first-order valence-electron chi connectivity index (χ1n) is 9.18. The number of nitrogens with zero attached hydrogens (tertiary/aromatic N) is 2. The highest BCUT2D eigenvalue weighted by Gasteiger charge is 2.11. The molecule has 0 amide bonds. The van der Waals surface area contributed by atoms with Gasteiger partial charge in [-0.15, -0.1) is 0 Å². The first kappa shape index (κ1) is 17.7. The van der Waals surface area contributed by atoms with Crippen molar-refractivity contribution >= 4 is 22.6 Å². The van der Waals surface area contributed by atoms with Gasteiger partial charge >= 0.3 is 5.97 Å². The predicted molar refractivity (Wildman–Crippen MR) is 101 cm³/mol. The minimum absolute atomic E-state index is 0.199. The maximum absolute atomic E-state index is 11.6. The second-order valence-corrected chi connectivity index (χ2v) is 6.61. The monoisotopic (exact) mass is 341 g/mol. The molecule has 2 heterocycles. The van der Waals surface area contributed by atoms with Crippen LogP contribution in [-0.2, 0) is 16.0 Å². The van der Waals surface area contributed by atoms with Crippen LogP contribution in [0.2, 0.25) is 0 Å². The van der Waals surface area contributed by atoms with Crippen LogP contribution in [0.3, 0.4) is 0 Å². The van der Waals surface area contributed by atoms with Crippen LogP contribution in [0.1, 0.15) is 31.4 Å². The van der Waals surface area contributed by atoms with Crippen molar-refractivity contribution in [3.05, 3.63) is 36.0 Å². The van der Waals surface area contributed by atoms with Gasteiger partial charge in [-0.25, -0.2) is 0 Å². The van der Waals surface area contributed by atoms with Crippen molar-refractivity contribution < 1.29 is 9.53 Å². The molecule has 134 valence electrons. The van der Waals surface area contributed by atoms with E-state index in [0.717, 1.165) is 35.2 Å². The van der Waals surface area contributed by atoms with Crippen molar-refractivity contribution in [3.63, 3.8) is 0 Å². The molecule has 1 aliphatic heterocycles. The lowest BCUT2D eigenvalue weighted by atomic mass is 10.1. The third-order valence-electron chi connectivity index (χ3n) is 4.74. The number of esters is 1. The summed E-state index contributed by atoms with van der Waals surface area (Å²) in [5.41, 5.74) is 2.69. The van der Waals surface area contributed by atoms with Crippen molar-refractivity contribution in [3.8, 4) is 0 Å². The van der Waals surface area contributed by atoms with Gasteiger partial charge < -0.3 is 15.0 Å². The van der Waals surface area contributed by atoms with Gasteiger partial charge in [0.1, 0.15) is 0 Å². The maximum atomic E-state index is 11.6. The Hall–Kier alpha value is -2.14. The smallest absolute Gasteiger partial charge is 0.311 e. The van der Waals surface area contributed by atoms with Crippen LogP contribution >= 0.6 is 0 Å². The van der Waals surface area contributed by atoms with E-state index in [4.69, 9.17) is 4.74 Å². The molecule has 5 heteroatoms. The summed E-state index contributed by atoms with van der Waals surface area (Å²) in [5, 5.41) is 4.63. The highest BCUT2D eigenvalue weighted by Crippen LogP contribution is 2.23. The number of nitrogens with one attached hydrogen (secondary N) is 1. The van der Waals surface area contributed by atoms with Crippen LogP contribution < -0.4 is 5.32 Å². The van der Waals surface area contributed by atoms with Gasteiger partial charge in [-0.05, 0) is 57.5 Å². The SMILES string of the molecule is COC(=O)Cc1cc(NCCCCN2CCCC2)c2ccccc2n1. The Morgan fingerprint density at radius 3 is 2.84 bits per heavy atom. The van der Waals surface area contributed by atoms with Gasteiger partial charge in [0.2, 0.25) is 0 Å². The fourth-order valence-electron chi connectivity index (χ4n) is 3.38. The molecule has 1 aliphatic rings. The third kappa shape index (κ3) is 4.92. The van der Waals surface area contributed by atoms with Gasteiger partial charge in [-0.2, -0.15) is 0 Å². The topological polar surface area (TPSA) is 54.5 Å². The zero-order chi connectivity index (χ0) is 17.5. The van der Waals surface area contributed by atoms with E-state index in [9.17, 15) is 4.79 Å². The van der Waals surface area contributed by atoms with Crippen molar-refractivity contribution in [1.82, 2.24) is 9.88 Å². The molecule has 1 N–H and O–H groups in total. The number of rotatable bonds is 8. The lowest BCUT2D eigenvalue weighted by Crippen LogP contribution is -2.20. The lowest BCUT2D eigenvalue weighted by Gasteiger charge is -2.15. The molecule has 0 spiro atoms. The minimum Gasteiger partial charge on any atom is -0.469 e. The van der Waals surface area contributed by atoms with Crippen LogP contribution in [0.15, 0.2) is 30.3 Å². The Morgan fingerprint density at radius 2 is 2.04 bits per heavy atom. The number of aromatic nitrogens is 1. The van der Waals surface area contributed by atoms with E-state index < -0.39 is 0 Å². The zero-order valence-corrected chi connectivity index (χ0v) is 15.0. The van der Waals surface area contributed by atoms with E-state index in [2.05, 4.69) is 21.3 Å². The zero-order valence-electron chi connectivity index (χ0n) is 15.0. The first-order chi connectivity index (χ1) is 12.3. The Morgan fingerprint density at radius 1 is 1.24 bits per heavy atom. The van der Waals surface area contributed by atoms with Crippen molar-refractivity contribution in [2.75, 3.05) is 38.6 Å². The molecular weight excluding hydrogens is 314 g/mol. The van der Waals surface area contributed by atoms with Gasteiger partial charge in [-0.1, -0.05) is 18.2 Å². The highest BCUT2D eigenvalue weighted by molar-refractivity contribution is 5.92. The average molecular weight is 341 g/mol. The van der Waals surface area contributed by atoms with Gasteiger partial charge in [0.15, 0.2) is 0 Å². The molecule has 2 aromatic rings. The summed E-state index contributed by atoms with van der Waals surface area (Å²) in [6, 6.07) is 10.0. The first-order valence-corrected chi connectivity index (χ1v) is 9.18. The number of carbonyl (C=O) groups is 1. The van der Waals surface area contributed by atoms with Gasteiger partial charge in [0.25, 0.3) is 0 Å². The molecule has 0 unspecified atom stereocenters. The third-order valence-corrected chi connectivity index (χ3v) is 4.74. The van der Waals surface area contributed by atoms with Crippen LogP contribution in [0, 0.1) is 0 Å². The molecule has 3 rings (SSSR count). The summed E-state index contributed by atoms with van der Waals surface area (Å²) in [4.78, 5) is 18.7.